The van der Waals surface area contributed by atoms with Crippen molar-refractivity contribution in [2.75, 3.05) is 0 Å². The van der Waals surface area contributed by atoms with Gasteiger partial charge in [-0.1, -0.05) is 17.7 Å². The Kier molecular flexibility index (Phi) is 2.25. The van der Waals surface area contributed by atoms with E-state index in [1.807, 2.05) is 31.2 Å². The molecular formula is C9H8BrN2O2+. The van der Waals surface area contributed by atoms with Crippen LogP contribution in [0.1, 0.15) is 5.56 Å². The maximum Gasteiger partial charge on any atom is 0.442 e. The van der Waals surface area contributed by atoms with Crippen molar-refractivity contribution in [3.8, 4) is 5.69 Å². The average Bonchev–Trinajstić information content (AvgIpc) is 2.50. The Morgan fingerprint density at radius 1 is 1.36 bits per heavy atom. The Morgan fingerprint density at radius 3 is 2.50 bits per heavy atom. The maximum atomic E-state index is 11.0. The van der Waals surface area contributed by atoms with Gasteiger partial charge < -0.3 is 0 Å². The third-order valence-electron chi connectivity index (χ3n) is 1.89. The lowest BCUT2D eigenvalue weighted by Gasteiger charge is -1.91. The summed E-state index contributed by atoms with van der Waals surface area (Å²) >= 11 is 3.13. The first kappa shape index (κ1) is 9.21. The lowest BCUT2D eigenvalue weighted by Crippen LogP contribution is -2.34. The molecule has 72 valence electrons. The molecule has 1 aromatic heterocycles. The van der Waals surface area contributed by atoms with Crippen LogP contribution in [0, 0.1) is 6.92 Å². The van der Waals surface area contributed by atoms with Gasteiger partial charge in [0.2, 0.25) is 5.69 Å². The van der Waals surface area contributed by atoms with Gasteiger partial charge in [0.25, 0.3) is 0 Å². The van der Waals surface area contributed by atoms with E-state index in [0.717, 1.165) is 11.3 Å². The fourth-order valence-electron chi connectivity index (χ4n) is 1.12. The Labute approximate surface area is 88.2 Å². The largest absolute Gasteiger partial charge is 0.442 e. The average molecular weight is 256 g/mol. The monoisotopic (exact) mass is 255 g/mol. The summed E-state index contributed by atoms with van der Waals surface area (Å²) in [5.74, 6) is 0. The van der Waals surface area contributed by atoms with E-state index in [9.17, 15) is 4.79 Å². The highest BCUT2D eigenvalue weighted by Gasteiger charge is 2.19. The van der Waals surface area contributed by atoms with E-state index in [-0.39, 0.29) is 0 Å². The molecule has 1 heterocycles. The van der Waals surface area contributed by atoms with Crippen LogP contribution in [-0.2, 0) is 0 Å². The van der Waals surface area contributed by atoms with E-state index >= 15 is 0 Å². The van der Waals surface area contributed by atoms with E-state index in [4.69, 9.17) is 0 Å². The molecule has 2 rings (SSSR count). The second-order valence-electron chi connectivity index (χ2n) is 2.94. The predicted molar refractivity (Wildman–Crippen MR) is 53.3 cm³/mol. The molecule has 0 aliphatic heterocycles. The van der Waals surface area contributed by atoms with Gasteiger partial charge >= 0.3 is 10.2 Å². The summed E-state index contributed by atoms with van der Waals surface area (Å²) in [5, 5.41) is 2.49. The first-order chi connectivity index (χ1) is 6.68. The van der Waals surface area contributed by atoms with E-state index < -0.39 is 5.63 Å². The van der Waals surface area contributed by atoms with Crippen molar-refractivity contribution in [2.24, 2.45) is 0 Å². The molecule has 0 saturated carbocycles. The van der Waals surface area contributed by atoms with Gasteiger partial charge in [0.05, 0.1) is 0 Å². The van der Waals surface area contributed by atoms with Crippen molar-refractivity contribution in [3.05, 3.63) is 44.9 Å². The highest BCUT2D eigenvalue weighted by atomic mass is 79.9. The zero-order chi connectivity index (χ0) is 10.1. The highest BCUT2D eigenvalue weighted by molar-refractivity contribution is 9.10. The van der Waals surface area contributed by atoms with Crippen LogP contribution in [0.4, 0.5) is 0 Å². The number of nitrogens with one attached hydrogen (secondary N) is 1. The molecule has 0 bridgehead atoms. The molecule has 0 spiro atoms. The van der Waals surface area contributed by atoms with Gasteiger partial charge in [-0.25, -0.2) is 4.79 Å². The van der Waals surface area contributed by atoms with Crippen LogP contribution in [0.15, 0.2) is 38.2 Å². The lowest BCUT2D eigenvalue weighted by atomic mass is 10.2. The fraction of sp³-hybridized carbons (Fsp3) is 0.111. The first-order valence-electron chi connectivity index (χ1n) is 4.04. The van der Waals surface area contributed by atoms with Crippen LogP contribution in [0.5, 0.6) is 0 Å². The molecule has 14 heavy (non-hydrogen) atoms. The number of H-pyrrole nitrogens is 1. The Balaban J connectivity index is 2.55. The second kappa shape index (κ2) is 3.42. The number of nitrogens with zero attached hydrogens (tertiary/aromatic N) is 1. The molecule has 0 radical (unpaired) electrons. The standard InChI is InChI=1S/C9H7BrN2O2/c1-6-2-4-7(5-3-6)12-8(10)9(13)14-11-12/h2-5H,1H3/p+1. The molecule has 2 aromatic rings. The van der Waals surface area contributed by atoms with Gasteiger partial charge in [-0.15, -0.1) is 0 Å². The van der Waals surface area contributed by atoms with Crippen molar-refractivity contribution < 1.29 is 9.20 Å². The van der Waals surface area contributed by atoms with Crippen molar-refractivity contribution in [1.29, 1.82) is 0 Å². The van der Waals surface area contributed by atoms with E-state index in [1.54, 1.807) is 0 Å². The van der Waals surface area contributed by atoms with Gasteiger partial charge in [0.1, 0.15) is 0 Å². The number of aryl methyl sites for hydroxylation is 1. The number of hydrogen-bond donors (Lipinski definition) is 1. The molecular weight excluding hydrogens is 248 g/mol. The molecule has 0 atom stereocenters. The summed E-state index contributed by atoms with van der Waals surface area (Å²) in [7, 11) is 0. The third-order valence-corrected chi connectivity index (χ3v) is 2.56. The zero-order valence-electron chi connectivity index (χ0n) is 7.45. The normalized spacial score (nSPS) is 10.4. The summed E-state index contributed by atoms with van der Waals surface area (Å²) < 4.78 is 6.49. The Hall–Kier alpha value is -1.36. The van der Waals surface area contributed by atoms with Gasteiger partial charge in [-0.3, -0.25) is 4.52 Å². The summed E-state index contributed by atoms with van der Waals surface area (Å²) in [5.41, 5.74) is 1.58. The van der Waals surface area contributed by atoms with Crippen LogP contribution in [0.25, 0.3) is 5.69 Å². The topological polar surface area (TPSA) is 49.9 Å². The lowest BCUT2D eigenvalue weighted by molar-refractivity contribution is -0.680. The SMILES string of the molecule is Cc1ccc(-[n+]2[nH]oc(=O)c2Br)cc1. The van der Waals surface area contributed by atoms with Gasteiger partial charge in [0, 0.05) is 28.1 Å². The minimum Gasteiger partial charge on any atom is -0.282 e. The van der Waals surface area contributed by atoms with Crippen LogP contribution in [0.2, 0.25) is 0 Å². The van der Waals surface area contributed by atoms with Crippen LogP contribution in [-0.4, -0.2) is 5.27 Å². The first-order valence-corrected chi connectivity index (χ1v) is 4.84. The van der Waals surface area contributed by atoms with Crippen molar-refractivity contribution in [3.63, 3.8) is 0 Å². The molecule has 0 aliphatic rings. The fourth-order valence-corrected chi connectivity index (χ4v) is 1.48. The smallest absolute Gasteiger partial charge is 0.282 e. The Bertz CT molecular complexity index is 498. The number of aromatic amines is 1. The van der Waals surface area contributed by atoms with Crippen LogP contribution in [0.3, 0.4) is 0 Å². The van der Waals surface area contributed by atoms with E-state index in [2.05, 4.69) is 25.7 Å². The highest BCUT2D eigenvalue weighted by Crippen LogP contribution is 2.04. The molecule has 4 nitrogen and oxygen atoms in total. The van der Waals surface area contributed by atoms with Crippen molar-refractivity contribution in [2.45, 2.75) is 6.92 Å². The second-order valence-corrected chi connectivity index (χ2v) is 3.69. The van der Waals surface area contributed by atoms with Crippen molar-refractivity contribution >= 4 is 15.9 Å². The molecule has 0 aliphatic carbocycles. The minimum absolute atomic E-state index is 0.348. The van der Waals surface area contributed by atoms with Crippen LogP contribution < -0.4 is 10.3 Å². The summed E-state index contributed by atoms with van der Waals surface area (Å²) in [4.78, 5) is 11.0. The number of halogens is 1. The zero-order valence-corrected chi connectivity index (χ0v) is 9.04. The molecule has 1 aromatic carbocycles. The number of aromatic nitrogens is 2. The number of rotatable bonds is 1. The summed E-state index contributed by atoms with van der Waals surface area (Å²) in [6.45, 7) is 2.00. The molecule has 1 N–H and O–H groups in total. The van der Waals surface area contributed by atoms with E-state index in [1.165, 1.54) is 4.68 Å². The maximum absolute atomic E-state index is 11.0. The summed E-state index contributed by atoms with van der Waals surface area (Å²) in [6, 6.07) is 7.71. The van der Waals surface area contributed by atoms with Gasteiger partial charge in [-0.2, -0.15) is 0 Å². The number of hydrogen-bond acceptors (Lipinski definition) is 2. The Morgan fingerprint density at radius 2 is 2.00 bits per heavy atom. The van der Waals surface area contributed by atoms with Crippen LogP contribution >= 0.6 is 15.9 Å². The molecule has 0 amide bonds. The molecule has 0 saturated heterocycles. The van der Waals surface area contributed by atoms with E-state index in [0.29, 0.717) is 4.60 Å². The molecule has 0 fully saturated rings. The van der Waals surface area contributed by atoms with Gasteiger partial charge in [0.15, 0.2) is 0 Å². The predicted octanol–water partition coefficient (Wildman–Crippen LogP) is 1.32. The molecule has 5 heteroatoms. The molecule has 0 unspecified atom stereocenters. The third kappa shape index (κ3) is 1.50. The van der Waals surface area contributed by atoms with Crippen molar-refractivity contribution in [1.82, 2.24) is 5.27 Å². The van der Waals surface area contributed by atoms with Gasteiger partial charge in [-0.05, 0) is 16.9 Å². The number of benzene rings is 1. The minimum atomic E-state index is -0.425. The quantitative estimate of drug-likeness (QED) is 0.782. The summed E-state index contributed by atoms with van der Waals surface area (Å²) in [6.07, 6.45) is 0.